The summed E-state index contributed by atoms with van der Waals surface area (Å²) in [6.45, 7) is 1.93. The van der Waals surface area contributed by atoms with Crippen LogP contribution in [0.3, 0.4) is 0 Å². The number of thiophene rings is 1. The van der Waals surface area contributed by atoms with Crippen molar-refractivity contribution in [2.75, 3.05) is 11.9 Å². The fraction of sp³-hybridized carbons (Fsp3) is 0.214. The number of fused-ring (bicyclic) bond motifs is 1. The Labute approximate surface area is 116 Å². The van der Waals surface area contributed by atoms with Crippen LogP contribution >= 0.6 is 23.6 Å². The molecule has 4 heteroatoms. The van der Waals surface area contributed by atoms with Crippen LogP contribution in [0.25, 0.3) is 0 Å². The maximum absolute atomic E-state index is 5.48. The standard InChI is InChI=1S/C14H14N2S2/c17-14(15-12-4-2-1-3-5-12)16-8-6-13-11(10-16)7-9-18-13/h1-5,7,9H,6,8,10H2,(H,15,17). The molecular formula is C14H14N2S2. The Bertz CT molecular complexity index is 548. The Hall–Kier alpha value is -1.39. The van der Waals surface area contributed by atoms with E-state index in [1.165, 1.54) is 10.4 Å². The quantitative estimate of drug-likeness (QED) is 0.801. The number of benzene rings is 1. The van der Waals surface area contributed by atoms with Crippen molar-refractivity contribution in [2.45, 2.75) is 13.0 Å². The topological polar surface area (TPSA) is 15.3 Å². The minimum atomic E-state index is 0.818. The third kappa shape index (κ3) is 2.40. The summed E-state index contributed by atoms with van der Waals surface area (Å²) in [6.07, 6.45) is 1.10. The summed E-state index contributed by atoms with van der Waals surface area (Å²) < 4.78 is 0. The monoisotopic (exact) mass is 274 g/mol. The summed E-state index contributed by atoms with van der Waals surface area (Å²) in [7, 11) is 0. The molecule has 0 atom stereocenters. The average Bonchev–Trinajstić information content (AvgIpc) is 2.87. The lowest BCUT2D eigenvalue weighted by Gasteiger charge is -2.29. The van der Waals surface area contributed by atoms with Crippen molar-refractivity contribution in [3.63, 3.8) is 0 Å². The van der Waals surface area contributed by atoms with Crippen molar-refractivity contribution < 1.29 is 0 Å². The minimum Gasteiger partial charge on any atom is -0.344 e. The number of nitrogens with one attached hydrogen (secondary N) is 1. The molecule has 0 amide bonds. The van der Waals surface area contributed by atoms with Crippen molar-refractivity contribution >= 4 is 34.4 Å². The molecule has 1 N–H and O–H groups in total. The molecule has 0 saturated carbocycles. The van der Waals surface area contributed by atoms with E-state index < -0.39 is 0 Å². The Morgan fingerprint density at radius 3 is 2.89 bits per heavy atom. The van der Waals surface area contributed by atoms with Crippen LogP contribution in [0.15, 0.2) is 41.8 Å². The highest BCUT2D eigenvalue weighted by Gasteiger charge is 2.18. The predicted molar refractivity (Wildman–Crippen MR) is 81.1 cm³/mol. The van der Waals surface area contributed by atoms with Crippen LogP contribution in [0.5, 0.6) is 0 Å². The molecule has 0 unspecified atom stereocenters. The fourth-order valence-corrected chi connectivity index (χ4v) is 3.31. The number of anilines is 1. The van der Waals surface area contributed by atoms with E-state index in [9.17, 15) is 0 Å². The van der Waals surface area contributed by atoms with Gasteiger partial charge < -0.3 is 10.2 Å². The first-order valence-electron chi connectivity index (χ1n) is 5.99. The Morgan fingerprint density at radius 2 is 2.06 bits per heavy atom. The molecule has 1 aliphatic heterocycles. The van der Waals surface area contributed by atoms with E-state index in [1.807, 2.05) is 41.7 Å². The third-order valence-corrected chi connectivity index (χ3v) is 4.50. The van der Waals surface area contributed by atoms with Gasteiger partial charge in [-0.1, -0.05) is 18.2 Å². The zero-order valence-corrected chi connectivity index (χ0v) is 11.6. The molecule has 1 aliphatic rings. The molecule has 3 rings (SSSR count). The van der Waals surface area contributed by atoms with Gasteiger partial charge in [0, 0.05) is 23.7 Å². The van der Waals surface area contributed by atoms with Crippen LogP contribution in [0.1, 0.15) is 10.4 Å². The van der Waals surface area contributed by atoms with Gasteiger partial charge in [0.05, 0.1) is 0 Å². The van der Waals surface area contributed by atoms with Crippen molar-refractivity contribution in [3.8, 4) is 0 Å². The summed E-state index contributed by atoms with van der Waals surface area (Å²) in [5.74, 6) is 0. The van der Waals surface area contributed by atoms with Gasteiger partial charge in [0.25, 0.3) is 0 Å². The molecule has 2 aromatic rings. The molecule has 0 aliphatic carbocycles. The molecule has 1 aromatic heterocycles. The molecule has 2 heterocycles. The van der Waals surface area contributed by atoms with Gasteiger partial charge in [0.2, 0.25) is 0 Å². The van der Waals surface area contributed by atoms with Crippen LogP contribution in [0.4, 0.5) is 5.69 Å². The van der Waals surface area contributed by atoms with Gasteiger partial charge in [-0.05, 0) is 47.8 Å². The van der Waals surface area contributed by atoms with Gasteiger partial charge in [-0.15, -0.1) is 11.3 Å². The second-order valence-electron chi connectivity index (χ2n) is 4.34. The zero-order valence-electron chi connectivity index (χ0n) is 9.93. The van der Waals surface area contributed by atoms with Crippen molar-refractivity contribution in [1.29, 1.82) is 0 Å². The largest absolute Gasteiger partial charge is 0.344 e. The van der Waals surface area contributed by atoms with Crippen LogP contribution in [-0.4, -0.2) is 16.6 Å². The van der Waals surface area contributed by atoms with Gasteiger partial charge in [0.1, 0.15) is 0 Å². The molecule has 2 nitrogen and oxygen atoms in total. The highest BCUT2D eigenvalue weighted by Crippen LogP contribution is 2.24. The van der Waals surface area contributed by atoms with E-state index in [0.717, 1.165) is 30.3 Å². The number of hydrogen-bond acceptors (Lipinski definition) is 2. The van der Waals surface area contributed by atoms with E-state index in [-0.39, 0.29) is 0 Å². The minimum absolute atomic E-state index is 0.818. The molecule has 1 aromatic carbocycles. The van der Waals surface area contributed by atoms with Gasteiger partial charge >= 0.3 is 0 Å². The van der Waals surface area contributed by atoms with Crippen LogP contribution in [0.2, 0.25) is 0 Å². The molecule has 0 bridgehead atoms. The first-order valence-corrected chi connectivity index (χ1v) is 7.28. The SMILES string of the molecule is S=C(Nc1ccccc1)N1CCc2sccc2C1. The fourth-order valence-electron chi connectivity index (χ4n) is 2.15. The summed E-state index contributed by atoms with van der Waals surface area (Å²) in [5.41, 5.74) is 2.47. The number of hydrogen-bond donors (Lipinski definition) is 1. The van der Waals surface area contributed by atoms with Crippen molar-refractivity contribution in [1.82, 2.24) is 4.90 Å². The Kier molecular flexibility index (Phi) is 3.30. The first-order chi connectivity index (χ1) is 8.83. The van der Waals surface area contributed by atoms with E-state index in [2.05, 4.69) is 21.7 Å². The van der Waals surface area contributed by atoms with E-state index in [0.29, 0.717) is 0 Å². The summed E-state index contributed by atoms with van der Waals surface area (Å²) in [6, 6.07) is 12.3. The van der Waals surface area contributed by atoms with Gasteiger partial charge in [0.15, 0.2) is 5.11 Å². The maximum Gasteiger partial charge on any atom is 0.173 e. The first kappa shape index (κ1) is 11.7. The Morgan fingerprint density at radius 1 is 1.22 bits per heavy atom. The van der Waals surface area contributed by atoms with Crippen LogP contribution < -0.4 is 5.32 Å². The highest BCUT2D eigenvalue weighted by molar-refractivity contribution is 7.80. The average molecular weight is 274 g/mol. The van der Waals surface area contributed by atoms with Gasteiger partial charge in [-0.3, -0.25) is 0 Å². The van der Waals surface area contributed by atoms with E-state index in [4.69, 9.17) is 12.2 Å². The lowest BCUT2D eigenvalue weighted by atomic mass is 10.1. The summed E-state index contributed by atoms with van der Waals surface area (Å²) in [5, 5.41) is 6.28. The van der Waals surface area contributed by atoms with Gasteiger partial charge in [-0.2, -0.15) is 0 Å². The molecule has 92 valence electrons. The predicted octanol–water partition coefficient (Wildman–Crippen LogP) is 3.50. The lowest BCUT2D eigenvalue weighted by molar-refractivity contribution is 0.403. The number of nitrogens with zero attached hydrogens (tertiary/aromatic N) is 1. The molecule has 0 radical (unpaired) electrons. The summed E-state index contributed by atoms with van der Waals surface area (Å²) >= 11 is 7.33. The van der Waals surface area contributed by atoms with Crippen molar-refractivity contribution in [2.24, 2.45) is 0 Å². The van der Waals surface area contributed by atoms with Crippen LogP contribution in [0, 0.1) is 0 Å². The van der Waals surface area contributed by atoms with Crippen molar-refractivity contribution in [3.05, 3.63) is 52.2 Å². The molecule has 0 saturated heterocycles. The number of para-hydroxylation sites is 1. The second-order valence-corrected chi connectivity index (χ2v) is 5.72. The van der Waals surface area contributed by atoms with E-state index >= 15 is 0 Å². The molecule has 0 spiro atoms. The summed E-state index contributed by atoms with van der Waals surface area (Å²) in [4.78, 5) is 3.74. The molecule has 0 fully saturated rings. The maximum atomic E-state index is 5.48. The number of rotatable bonds is 1. The third-order valence-electron chi connectivity index (χ3n) is 3.12. The van der Waals surface area contributed by atoms with E-state index in [1.54, 1.807) is 0 Å². The van der Waals surface area contributed by atoms with Gasteiger partial charge in [-0.25, -0.2) is 0 Å². The number of thiocarbonyl (C=S) groups is 1. The smallest absolute Gasteiger partial charge is 0.173 e. The Balaban J connectivity index is 1.68. The van der Waals surface area contributed by atoms with Crippen LogP contribution in [-0.2, 0) is 13.0 Å². The zero-order chi connectivity index (χ0) is 12.4. The second kappa shape index (κ2) is 5.08. The lowest BCUT2D eigenvalue weighted by Crippen LogP contribution is -2.38. The highest BCUT2D eigenvalue weighted by atomic mass is 32.1. The normalized spacial score (nSPS) is 14.1. The molecule has 18 heavy (non-hydrogen) atoms. The molecular weight excluding hydrogens is 260 g/mol.